The van der Waals surface area contributed by atoms with Crippen LogP contribution in [-0.4, -0.2) is 70.9 Å². The van der Waals surface area contributed by atoms with E-state index in [0.717, 1.165) is 0 Å². The summed E-state index contributed by atoms with van der Waals surface area (Å²) < 4.78 is 10.6. The van der Waals surface area contributed by atoms with Gasteiger partial charge in [-0.05, 0) is 34.6 Å². The van der Waals surface area contributed by atoms with Crippen LogP contribution >= 0.6 is 11.8 Å². The summed E-state index contributed by atoms with van der Waals surface area (Å²) in [4.78, 5) is 26.9. The first kappa shape index (κ1) is 23.9. The van der Waals surface area contributed by atoms with Gasteiger partial charge < -0.3 is 19.3 Å². The van der Waals surface area contributed by atoms with Crippen molar-refractivity contribution in [1.82, 2.24) is 9.80 Å². The van der Waals surface area contributed by atoms with Gasteiger partial charge in [0.2, 0.25) is 0 Å². The van der Waals surface area contributed by atoms with Crippen LogP contribution < -0.4 is 0 Å². The second-order valence-electron chi connectivity index (χ2n) is 8.85. The fourth-order valence-corrected chi connectivity index (χ4v) is 3.80. The van der Waals surface area contributed by atoms with E-state index in [1.54, 1.807) is 25.9 Å². The molecule has 6 nitrogen and oxygen atoms in total. The van der Waals surface area contributed by atoms with Crippen molar-refractivity contribution in [2.75, 3.05) is 33.8 Å². The summed E-state index contributed by atoms with van der Waals surface area (Å²) in [7, 11) is 3.31. The summed E-state index contributed by atoms with van der Waals surface area (Å²) in [6.07, 6.45) is -0.794. The second-order valence-corrected chi connectivity index (χ2v) is 11.4. The van der Waals surface area contributed by atoms with Crippen molar-refractivity contribution >= 4 is 23.9 Å². The molecule has 25 heavy (non-hydrogen) atoms. The van der Waals surface area contributed by atoms with E-state index in [1.807, 2.05) is 20.8 Å². The zero-order valence-electron chi connectivity index (χ0n) is 17.6. The van der Waals surface area contributed by atoms with E-state index in [4.69, 9.17) is 9.47 Å². The van der Waals surface area contributed by atoms with Crippen molar-refractivity contribution in [2.45, 2.75) is 70.5 Å². The standard InChI is InChI=1S/C18H36N2O4S/c1-16(2,3)24-15(22)20(10)12-11-19(9)14(21)23-13-18(7,8)25-17(4,5)6/h11-13H2,1-10H3. The Bertz CT molecular complexity index is 453. The van der Waals surface area contributed by atoms with Crippen LogP contribution in [0.3, 0.4) is 0 Å². The van der Waals surface area contributed by atoms with Gasteiger partial charge in [-0.2, -0.15) is 0 Å². The zero-order chi connectivity index (χ0) is 20.1. The Morgan fingerprint density at radius 2 is 1.28 bits per heavy atom. The molecule has 0 N–H and O–H groups in total. The molecule has 0 rings (SSSR count). The monoisotopic (exact) mass is 376 g/mol. The lowest BCUT2D eigenvalue weighted by Crippen LogP contribution is -2.41. The molecule has 0 saturated carbocycles. The van der Waals surface area contributed by atoms with Crippen molar-refractivity contribution in [2.24, 2.45) is 0 Å². The quantitative estimate of drug-likeness (QED) is 0.694. The van der Waals surface area contributed by atoms with Gasteiger partial charge in [-0.25, -0.2) is 9.59 Å². The van der Waals surface area contributed by atoms with Crippen molar-refractivity contribution in [3.8, 4) is 0 Å². The molecule has 0 atom stereocenters. The minimum atomic E-state index is -0.535. The van der Waals surface area contributed by atoms with Crippen LogP contribution in [0.1, 0.15) is 55.4 Å². The van der Waals surface area contributed by atoms with Gasteiger partial charge in [0, 0.05) is 36.7 Å². The largest absolute Gasteiger partial charge is 0.448 e. The molecule has 0 aliphatic carbocycles. The summed E-state index contributed by atoms with van der Waals surface area (Å²) in [5.41, 5.74) is -0.535. The van der Waals surface area contributed by atoms with Gasteiger partial charge in [0.15, 0.2) is 0 Å². The molecule has 7 heteroatoms. The molecular weight excluding hydrogens is 340 g/mol. The van der Waals surface area contributed by atoms with Crippen LogP contribution in [0.4, 0.5) is 9.59 Å². The molecule has 0 fully saturated rings. The molecule has 0 aromatic carbocycles. The van der Waals surface area contributed by atoms with Gasteiger partial charge in [-0.1, -0.05) is 20.8 Å². The molecule has 0 spiro atoms. The minimum Gasteiger partial charge on any atom is -0.448 e. The highest BCUT2D eigenvalue weighted by molar-refractivity contribution is 8.01. The molecule has 148 valence electrons. The summed E-state index contributed by atoms with van der Waals surface area (Å²) in [5, 5.41) is 0. The maximum atomic E-state index is 12.1. The van der Waals surface area contributed by atoms with Gasteiger partial charge in [0.25, 0.3) is 0 Å². The Kier molecular flexibility index (Phi) is 8.61. The lowest BCUT2D eigenvalue weighted by molar-refractivity contribution is 0.0281. The third-order valence-electron chi connectivity index (χ3n) is 2.91. The van der Waals surface area contributed by atoms with Crippen LogP contribution in [0, 0.1) is 0 Å². The molecule has 0 heterocycles. The Hall–Kier alpha value is -1.11. The van der Waals surface area contributed by atoms with Gasteiger partial charge in [0.05, 0.1) is 0 Å². The van der Waals surface area contributed by atoms with E-state index in [1.165, 1.54) is 9.80 Å². The van der Waals surface area contributed by atoms with E-state index in [2.05, 4.69) is 34.6 Å². The lowest BCUT2D eigenvalue weighted by atomic mass is 10.2. The second kappa shape index (κ2) is 9.01. The van der Waals surface area contributed by atoms with E-state index in [-0.39, 0.29) is 15.6 Å². The predicted molar refractivity (Wildman–Crippen MR) is 104 cm³/mol. The Morgan fingerprint density at radius 3 is 1.68 bits per heavy atom. The van der Waals surface area contributed by atoms with Gasteiger partial charge in [0.1, 0.15) is 12.2 Å². The van der Waals surface area contributed by atoms with Crippen LogP contribution in [0.15, 0.2) is 0 Å². The van der Waals surface area contributed by atoms with E-state index in [9.17, 15) is 9.59 Å². The first-order chi connectivity index (χ1) is 11.0. The van der Waals surface area contributed by atoms with Crippen molar-refractivity contribution in [3.05, 3.63) is 0 Å². The van der Waals surface area contributed by atoms with E-state index >= 15 is 0 Å². The lowest BCUT2D eigenvalue weighted by Gasteiger charge is -2.32. The molecule has 0 bridgehead atoms. The predicted octanol–water partition coefficient (Wildman–Crippen LogP) is 4.23. The minimum absolute atomic E-state index is 0.0952. The molecule has 0 aliphatic heterocycles. The first-order valence-corrected chi connectivity index (χ1v) is 9.36. The zero-order valence-corrected chi connectivity index (χ0v) is 18.4. The summed E-state index contributed by atoms with van der Waals surface area (Å²) in [6, 6.07) is 0. The maximum absolute atomic E-state index is 12.1. The molecule has 2 amide bonds. The van der Waals surface area contributed by atoms with E-state index in [0.29, 0.717) is 19.7 Å². The molecule has 0 aliphatic rings. The normalized spacial score (nSPS) is 12.6. The maximum Gasteiger partial charge on any atom is 0.410 e. The molecular formula is C18H36N2O4S. The average molecular weight is 377 g/mol. The fraction of sp³-hybridized carbons (Fsp3) is 0.889. The number of amides is 2. The Labute approximate surface area is 157 Å². The van der Waals surface area contributed by atoms with Gasteiger partial charge >= 0.3 is 12.2 Å². The number of nitrogens with zero attached hydrogens (tertiary/aromatic N) is 2. The van der Waals surface area contributed by atoms with Crippen LogP contribution in [0.5, 0.6) is 0 Å². The molecule has 0 unspecified atom stereocenters. The number of rotatable bonds is 6. The summed E-state index contributed by atoms with van der Waals surface area (Å²) >= 11 is 1.77. The molecule has 0 radical (unpaired) electrons. The SMILES string of the molecule is CN(CCN(C)C(=O)OC(C)(C)C)C(=O)OCC(C)(C)SC(C)(C)C. The van der Waals surface area contributed by atoms with Gasteiger partial charge in [-0.3, -0.25) is 0 Å². The average Bonchev–Trinajstić information content (AvgIpc) is 2.37. The number of carbonyl (C=O) groups is 2. The smallest absolute Gasteiger partial charge is 0.410 e. The third kappa shape index (κ3) is 12.0. The topological polar surface area (TPSA) is 59.1 Å². The number of carbonyl (C=O) groups excluding carboxylic acids is 2. The summed E-state index contributed by atoms with van der Waals surface area (Å²) in [6.45, 7) is 17.1. The fourth-order valence-electron chi connectivity index (χ4n) is 2.03. The Morgan fingerprint density at radius 1 is 0.840 bits per heavy atom. The highest BCUT2D eigenvalue weighted by Crippen LogP contribution is 2.36. The number of likely N-dealkylation sites (N-methyl/N-ethyl adjacent to an activating group) is 2. The molecule has 0 aromatic rings. The van der Waals surface area contributed by atoms with Crippen LogP contribution in [0.25, 0.3) is 0 Å². The molecule has 0 aromatic heterocycles. The highest BCUT2D eigenvalue weighted by atomic mass is 32.2. The van der Waals surface area contributed by atoms with Crippen LogP contribution in [0.2, 0.25) is 0 Å². The number of hydrogen-bond donors (Lipinski definition) is 0. The van der Waals surface area contributed by atoms with E-state index < -0.39 is 11.7 Å². The Balaban J connectivity index is 4.33. The van der Waals surface area contributed by atoms with Crippen molar-refractivity contribution in [3.63, 3.8) is 0 Å². The number of thioether (sulfide) groups is 1. The summed E-state index contributed by atoms with van der Waals surface area (Å²) in [5.74, 6) is 0. The first-order valence-electron chi connectivity index (χ1n) is 8.55. The highest BCUT2D eigenvalue weighted by Gasteiger charge is 2.28. The van der Waals surface area contributed by atoms with Crippen molar-refractivity contribution < 1.29 is 19.1 Å². The molecule has 0 saturated heterocycles. The van der Waals surface area contributed by atoms with Crippen molar-refractivity contribution in [1.29, 1.82) is 0 Å². The van der Waals surface area contributed by atoms with Gasteiger partial charge in [-0.15, -0.1) is 11.8 Å². The van der Waals surface area contributed by atoms with Crippen LogP contribution in [-0.2, 0) is 9.47 Å². The number of hydrogen-bond acceptors (Lipinski definition) is 5. The number of ether oxygens (including phenoxy) is 2. The third-order valence-corrected chi connectivity index (χ3v) is 4.20.